The Morgan fingerprint density at radius 3 is 2.76 bits per heavy atom. The quantitative estimate of drug-likeness (QED) is 0.600. The lowest BCUT2D eigenvalue weighted by Crippen LogP contribution is -2.29. The summed E-state index contributed by atoms with van der Waals surface area (Å²) in [7, 11) is 0. The molecule has 0 bridgehead atoms. The van der Waals surface area contributed by atoms with Gasteiger partial charge in [-0.1, -0.05) is 18.2 Å². The van der Waals surface area contributed by atoms with Crippen LogP contribution in [0.15, 0.2) is 10.5 Å². The summed E-state index contributed by atoms with van der Waals surface area (Å²) in [5.41, 5.74) is 3.59. The number of aromatic nitrogens is 5. The van der Waals surface area contributed by atoms with Crippen LogP contribution < -0.4 is 5.32 Å². The van der Waals surface area contributed by atoms with Gasteiger partial charge in [0.25, 0.3) is 5.78 Å². The van der Waals surface area contributed by atoms with Crippen LogP contribution in [0.2, 0.25) is 0 Å². The topological polar surface area (TPSA) is 88.3 Å². The summed E-state index contributed by atoms with van der Waals surface area (Å²) in [6, 6.07) is 0. The van der Waals surface area contributed by atoms with E-state index in [9.17, 15) is 4.79 Å². The van der Waals surface area contributed by atoms with E-state index >= 15 is 0 Å². The van der Waals surface area contributed by atoms with Crippen LogP contribution in [0.25, 0.3) is 5.78 Å². The lowest BCUT2D eigenvalue weighted by atomic mass is 10.1. The molecule has 1 fully saturated rings. The Kier molecular flexibility index (Phi) is 6.12. The number of carbonyl (C=O) groups is 1. The van der Waals surface area contributed by atoms with Gasteiger partial charge in [-0.25, -0.2) is 14.5 Å². The molecule has 154 valence electrons. The minimum Gasteiger partial charge on any atom is -0.302 e. The highest BCUT2D eigenvalue weighted by atomic mass is 32.2. The molecule has 1 amide bonds. The number of amides is 1. The Bertz CT molecular complexity index is 1020. The second kappa shape index (κ2) is 8.76. The number of rotatable bonds is 6. The summed E-state index contributed by atoms with van der Waals surface area (Å²) in [6.07, 6.45) is 6.00. The fraction of sp³-hybridized carbons (Fsp3) is 0.526. The maximum absolute atomic E-state index is 12.7. The van der Waals surface area contributed by atoms with Crippen molar-refractivity contribution in [3.05, 3.63) is 28.0 Å². The van der Waals surface area contributed by atoms with Gasteiger partial charge in [0.2, 0.25) is 11.1 Å². The summed E-state index contributed by atoms with van der Waals surface area (Å²) in [5, 5.41) is 10.7. The van der Waals surface area contributed by atoms with E-state index in [0.717, 1.165) is 42.3 Å². The van der Waals surface area contributed by atoms with Crippen LogP contribution in [0.3, 0.4) is 0 Å². The molecule has 1 aliphatic heterocycles. The number of hydrogen-bond acceptors (Lipinski definition) is 8. The largest absolute Gasteiger partial charge is 0.302 e. The van der Waals surface area contributed by atoms with Crippen LogP contribution >= 0.6 is 23.1 Å². The smallest absolute Gasteiger partial charge is 0.253 e. The van der Waals surface area contributed by atoms with Crippen LogP contribution in [-0.2, 0) is 17.8 Å². The van der Waals surface area contributed by atoms with Crippen LogP contribution in [0.4, 0.5) is 5.13 Å². The lowest BCUT2D eigenvalue weighted by Gasteiger charge is -2.25. The summed E-state index contributed by atoms with van der Waals surface area (Å²) >= 11 is 2.95. The van der Waals surface area contributed by atoms with Crippen molar-refractivity contribution in [2.24, 2.45) is 0 Å². The fourth-order valence-electron chi connectivity index (χ4n) is 3.64. The van der Waals surface area contributed by atoms with Crippen LogP contribution in [-0.4, -0.2) is 54.7 Å². The SMILES string of the molecule is CSc1nc2nc(C)c(CC(=O)Nc3nc(CN4CCCCC4)cs3)c(C)n2n1. The lowest BCUT2D eigenvalue weighted by molar-refractivity contribution is -0.115. The first-order chi connectivity index (χ1) is 14.0. The molecule has 0 spiro atoms. The molecule has 4 rings (SSSR count). The van der Waals surface area contributed by atoms with Gasteiger partial charge in [-0.3, -0.25) is 9.69 Å². The fourth-order valence-corrected chi connectivity index (χ4v) is 4.69. The number of thiazole rings is 1. The number of nitrogens with one attached hydrogen (secondary N) is 1. The van der Waals surface area contributed by atoms with E-state index in [4.69, 9.17) is 0 Å². The average Bonchev–Trinajstić information content (AvgIpc) is 3.32. The van der Waals surface area contributed by atoms with Crippen molar-refractivity contribution < 1.29 is 4.79 Å². The molecular weight excluding hydrogens is 406 g/mol. The Hall–Kier alpha value is -2.04. The number of carbonyl (C=O) groups excluding carboxylic acids is 1. The second-order valence-corrected chi connectivity index (χ2v) is 8.91. The molecule has 3 aromatic rings. The normalized spacial score (nSPS) is 15.1. The Morgan fingerprint density at radius 1 is 1.21 bits per heavy atom. The van der Waals surface area contributed by atoms with Crippen molar-refractivity contribution in [3.63, 3.8) is 0 Å². The Morgan fingerprint density at radius 2 is 2.00 bits per heavy atom. The molecule has 8 nitrogen and oxygen atoms in total. The van der Waals surface area contributed by atoms with E-state index in [-0.39, 0.29) is 12.3 Å². The number of hydrogen-bond donors (Lipinski definition) is 1. The number of nitrogens with zero attached hydrogens (tertiary/aromatic N) is 6. The van der Waals surface area contributed by atoms with Gasteiger partial charge in [0.15, 0.2) is 5.13 Å². The van der Waals surface area contributed by atoms with E-state index in [1.54, 1.807) is 4.52 Å². The first-order valence-corrected chi connectivity index (χ1v) is 11.9. The summed E-state index contributed by atoms with van der Waals surface area (Å²) < 4.78 is 1.71. The maximum Gasteiger partial charge on any atom is 0.253 e. The zero-order valence-electron chi connectivity index (χ0n) is 16.9. The van der Waals surface area contributed by atoms with Crippen LogP contribution in [0.5, 0.6) is 0 Å². The highest BCUT2D eigenvalue weighted by Gasteiger charge is 2.17. The van der Waals surface area contributed by atoms with Gasteiger partial charge in [-0.2, -0.15) is 4.98 Å². The average molecular weight is 432 g/mol. The number of piperidine rings is 1. The van der Waals surface area contributed by atoms with Gasteiger partial charge in [0.1, 0.15) is 0 Å². The molecule has 0 saturated carbocycles. The van der Waals surface area contributed by atoms with Crippen LogP contribution in [0, 0.1) is 13.8 Å². The number of aryl methyl sites for hydroxylation is 2. The molecule has 0 unspecified atom stereocenters. The standard InChI is InChI=1S/C19H25N7OS2/c1-12-15(13(2)26-17(20-12)23-19(24-26)28-3)9-16(27)22-18-21-14(11-29-18)10-25-7-5-4-6-8-25/h11H,4-10H2,1-3H3,(H,21,22,27). The van der Waals surface area contributed by atoms with E-state index in [1.165, 1.54) is 42.4 Å². The molecule has 0 radical (unpaired) electrons. The maximum atomic E-state index is 12.7. The molecule has 1 N–H and O–H groups in total. The highest BCUT2D eigenvalue weighted by molar-refractivity contribution is 7.98. The predicted molar refractivity (Wildman–Crippen MR) is 116 cm³/mol. The highest BCUT2D eigenvalue weighted by Crippen LogP contribution is 2.21. The van der Waals surface area contributed by atoms with Crippen LogP contribution in [0.1, 0.15) is 41.9 Å². The van der Waals surface area contributed by atoms with E-state index in [2.05, 4.69) is 30.3 Å². The molecule has 0 aromatic carbocycles. The summed E-state index contributed by atoms with van der Waals surface area (Å²) in [4.78, 5) is 28.6. The van der Waals surface area contributed by atoms with E-state index < -0.39 is 0 Å². The minimum absolute atomic E-state index is 0.0959. The third-order valence-corrected chi connectivity index (χ3v) is 6.53. The molecule has 0 aliphatic carbocycles. The van der Waals surface area contributed by atoms with Gasteiger partial charge in [-0.15, -0.1) is 16.4 Å². The Balaban J connectivity index is 1.43. The van der Waals surface area contributed by atoms with Crippen molar-refractivity contribution in [2.45, 2.75) is 51.2 Å². The Labute approximate surface area is 178 Å². The molecule has 1 saturated heterocycles. The monoisotopic (exact) mass is 431 g/mol. The van der Waals surface area contributed by atoms with Gasteiger partial charge in [-0.05, 0) is 46.0 Å². The van der Waals surface area contributed by atoms with Crippen molar-refractivity contribution in [1.82, 2.24) is 29.5 Å². The first-order valence-electron chi connectivity index (χ1n) is 9.77. The molecular formula is C19H25N7OS2. The number of anilines is 1. The number of fused-ring (bicyclic) bond motifs is 1. The third kappa shape index (κ3) is 4.59. The first kappa shape index (κ1) is 20.2. The van der Waals surface area contributed by atoms with Crippen molar-refractivity contribution in [1.29, 1.82) is 0 Å². The van der Waals surface area contributed by atoms with E-state index in [1.807, 2.05) is 25.5 Å². The second-order valence-electron chi connectivity index (χ2n) is 7.28. The number of likely N-dealkylation sites (tertiary alicyclic amines) is 1. The van der Waals surface area contributed by atoms with Gasteiger partial charge >= 0.3 is 0 Å². The van der Waals surface area contributed by atoms with Gasteiger partial charge in [0, 0.05) is 28.9 Å². The van der Waals surface area contributed by atoms with Gasteiger partial charge < -0.3 is 5.32 Å². The molecule has 3 aromatic heterocycles. The number of thioether (sulfide) groups is 1. The third-order valence-electron chi connectivity index (χ3n) is 5.18. The minimum atomic E-state index is -0.0959. The predicted octanol–water partition coefficient (Wildman–Crippen LogP) is 3.09. The zero-order chi connectivity index (χ0) is 20.4. The molecule has 4 heterocycles. The molecule has 1 aliphatic rings. The summed E-state index contributed by atoms with van der Waals surface area (Å²) in [5.74, 6) is 0.470. The molecule has 10 heteroatoms. The van der Waals surface area contributed by atoms with Gasteiger partial charge in [0.05, 0.1) is 12.1 Å². The van der Waals surface area contributed by atoms with E-state index in [0.29, 0.717) is 16.1 Å². The molecule has 0 atom stereocenters. The van der Waals surface area contributed by atoms with Crippen molar-refractivity contribution in [3.8, 4) is 0 Å². The van der Waals surface area contributed by atoms with Crippen molar-refractivity contribution in [2.75, 3.05) is 24.7 Å². The molecule has 29 heavy (non-hydrogen) atoms. The van der Waals surface area contributed by atoms with Crippen molar-refractivity contribution >= 4 is 39.9 Å². The summed E-state index contributed by atoms with van der Waals surface area (Å²) in [6.45, 7) is 6.98. The zero-order valence-corrected chi connectivity index (χ0v) is 18.6.